The first-order valence-corrected chi connectivity index (χ1v) is 20.7. The van der Waals surface area contributed by atoms with Gasteiger partial charge in [-0.1, -0.05) is 33.8 Å². The molecule has 16 nitrogen and oxygen atoms in total. The van der Waals surface area contributed by atoms with Gasteiger partial charge in [-0.05, 0) is 79.8 Å². The molecule has 2 aromatic carbocycles. The Hall–Kier alpha value is -6.06. The predicted molar refractivity (Wildman–Crippen MR) is 223 cm³/mol. The standard InChI is InChI=1S/C43H54N10O6/c1-22(2)36(50-42(56)58-5)40(54)52-13-7-9-34(52)38-45-21-33(49-38)27-15-25-18-31-26(17-29(25)44-20-27)19-30(46-31)24-11-12-28-32(16-24)48-39(47-28)35-10-8-14-53(35)41(55)37(23(3)4)51-43(57)59-6/h11-12,16-19,21-23,27,34-37,44,46H,7-10,13-15,20H2,1-6H3,(H,45,49)(H,47,48)(H,50,56)(H,51,57). The number of nitrogens with one attached hydrogen (secondary N) is 6. The smallest absolute Gasteiger partial charge is 0.407 e. The third kappa shape index (κ3) is 7.79. The van der Waals surface area contributed by atoms with Gasteiger partial charge in [0.25, 0.3) is 0 Å². The molecule has 16 heteroatoms. The molecule has 3 aromatic heterocycles. The summed E-state index contributed by atoms with van der Waals surface area (Å²) in [6, 6.07) is 11.0. The highest BCUT2D eigenvalue weighted by atomic mass is 16.5. The van der Waals surface area contributed by atoms with Crippen LogP contribution in [0.4, 0.5) is 15.3 Å². The molecular formula is C43H54N10O6. The maximum absolute atomic E-state index is 13.7. The van der Waals surface area contributed by atoms with E-state index in [9.17, 15) is 19.2 Å². The van der Waals surface area contributed by atoms with E-state index in [0.29, 0.717) is 13.1 Å². The quantitative estimate of drug-likeness (QED) is 0.0940. The highest BCUT2D eigenvalue weighted by Gasteiger charge is 2.39. The van der Waals surface area contributed by atoms with E-state index in [-0.39, 0.29) is 41.7 Å². The SMILES string of the molecule is COC(=O)NC(C(=O)N1CCCC1c1ncc(C2CNc3cc4cc(-c5ccc6nc(C7CCCN7C(=O)C(NC(=O)OC)C(C)C)[nH]c6c5)[nH]c4cc3C2)[nH]1)C(C)C. The molecule has 5 unspecified atom stereocenters. The number of amides is 4. The molecule has 3 aliphatic rings. The lowest BCUT2D eigenvalue weighted by molar-refractivity contribution is -0.136. The molecule has 5 atom stereocenters. The monoisotopic (exact) mass is 806 g/mol. The minimum absolute atomic E-state index is 0.101. The third-order valence-corrected chi connectivity index (χ3v) is 12.2. The minimum atomic E-state index is -0.694. The van der Waals surface area contributed by atoms with Crippen LogP contribution in [-0.4, -0.2) is 105 Å². The van der Waals surface area contributed by atoms with Gasteiger partial charge in [-0.25, -0.2) is 19.6 Å². The fourth-order valence-corrected chi connectivity index (χ4v) is 8.97. The average molecular weight is 807 g/mol. The number of ether oxygens (including phenoxy) is 2. The maximum atomic E-state index is 13.7. The summed E-state index contributed by atoms with van der Waals surface area (Å²) in [7, 11) is 2.59. The van der Waals surface area contributed by atoms with Crippen molar-refractivity contribution in [1.82, 2.24) is 45.4 Å². The minimum Gasteiger partial charge on any atom is -0.453 e. The Morgan fingerprint density at radius 1 is 0.780 bits per heavy atom. The fraction of sp³-hybridized carbons (Fsp3) is 0.488. The van der Waals surface area contributed by atoms with E-state index in [0.717, 1.165) is 94.9 Å². The van der Waals surface area contributed by atoms with Crippen molar-refractivity contribution in [1.29, 1.82) is 0 Å². The molecule has 0 bridgehead atoms. The van der Waals surface area contributed by atoms with Crippen molar-refractivity contribution in [2.24, 2.45) is 11.8 Å². The Morgan fingerprint density at radius 3 is 2.05 bits per heavy atom. The van der Waals surface area contributed by atoms with Gasteiger partial charge in [-0.15, -0.1) is 0 Å². The molecular weight excluding hydrogens is 753 g/mol. The Balaban J connectivity index is 0.969. The second kappa shape index (κ2) is 16.3. The third-order valence-electron chi connectivity index (χ3n) is 12.2. The van der Waals surface area contributed by atoms with Crippen LogP contribution in [0.3, 0.4) is 0 Å². The number of nitrogens with zero attached hydrogens (tertiary/aromatic N) is 4. The first-order valence-electron chi connectivity index (χ1n) is 20.7. The summed E-state index contributed by atoms with van der Waals surface area (Å²) in [5.74, 6) is 1.19. The Morgan fingerprint density at radius 2 is 1.42 bits per heavy atom. The van der Waals surface area contributed by atoms with E-state index in [1.54, 1.807) is 0 Å². The summed E-state index contributed by atoms with van der Waals surface area (Å²) in [6.45, 7) is 9.58. The zero-order valence-electron chi connectivity index (χ0n) is 34.5. The van der Waals surface area contributed by atoms with E-state index < -0.39 is 24.3 Å². The van der Waals surface area contributed by atoms with Crippen LogP contribution in [0.5, 0.6) is 0 Å². The van der Waals surface area contributed by atoms with E-state index in [4.69, 9.17) is 19.4 Å². The number of aromatic nitrogens is 5. The number of likely N-dealkylation sites (tertiary alicyclic amines) is 2. The van der Waals surface area contributed by atoms with Crippen LogP contribution in [0.2, 0.25) is 0 Å². The number of carbonyl (C=O) groups excluding carboxylic acids is 4. The number of fused-ring (bicyclic) bond motifs is 3. The van der Waals surface area contributed by atoms with E-state index >= 15 is 0 Å². The molecule has 312 valence electrons. The number of alkyl carbamates (subject to hydrolysis) is 2. The number of rotatable bonds is 10. The van der Waals surface area contributed by atoms with Crippen LogP contribution in [-0.2, 0) is 25.5 Å². The van der Waals surface area contributed by atoms with Crippen LogP contribution in [0, 0.1) is 11.8 Å². The van der Waals surface area contributed by atoms with Crippen LogP contribution in [0.1, 0.15) is 94.3 Å². The Kier molecular flexibility index (Phi) is 11.0. The summed E-state index contributed by atoms with van der Waals surface area (Å²) in [4.78, 5) is 75.4. The van der Waals surface area contributed by atoms with Gasteiger partial charge in [-0.3, -0.25) is 9.59 Å². The normalized spacial score (nSPS) is 20.2. The molecule has 4 amide bonds. The van der Waals surface area contributed by atoms with Crippen molar-refractivity contribution >= 4 is 51.6 Å². The predicted octanol–water partition coefficient (Wildman–Crippen LogP) is 6.27. The van der Waals surface area contributed by atoms with Crippen molar-refractivity contribution in [2.45, 2.75) is 89.9 Å². The number of aromatic amines is 3. The fourth-order valence-electron chi connectivity index (χ4n) is 8.97. The highest BCUT2D eigenvalue weighted by Crippen LogP contribution is 2.38. The van der Waals surface area contributed by atoms with E-state index in [2.05, 4.69) is 61.2 Å². The lowest BCUT2D eigenvalue weighted by atomic mass is 9.91. The molecule has 0 spiro atoms. The molecule has 59 heavy (non-hydrogen) atoms. The molecule has 6 heterocycles. The van der Waals surface area contributed by atoms with Crippen molar-refractivity contribution in [2.75, 3.05) is 39.2 Å². The summed E-state index contributed by atoms with van der Waals surface area (Å²) in [5.41, 5.74) is 8.07. The number of benzene rings is 2. The van der Waals surface area contributed by atoms with Gasteiger partial charge in [0, 0.05) is 65.3 Å². The summed E-state index contributed by atoms with van der Waals surface area (Å²) < 4.78 is 9.57. The molecule has 3 aliphatic heterocycles. The second-order valence-electron chi connectivity index (χ2n) is 16.7. The van der Waals surface area contributed by atoms with Gasteiger partial charge in [-0.2, -0.15) is 0 Å². The molecule has 0 radical (unpaired) electrons. The van der Waals surface area contributed by atoms with Crippen molar-refractivity contribution in [3.8, 4) is 11.3 Å². The lowest BCUT2D eigenvalue weighted by Crippen LogP contribution is -2.51. The molecule has 6 N–H and O–H groups in total. The number of anilines is 1. The van der Waals surface area contributed by atoms with E-state index in [1.807, 2.05) is 49.8 Å². The van der Waals surface area contributed by atoms with Gasteiger partial charge in [0.15, 0.2) is 0 Å². The lowest BCUT2D eigenvalue weighted by Gasteiger charge is -2.30. The molecule has 2 fully saturated rings. The van der Waals surface area contributed by atoms with Crippen LogP contribution in [0.25, 0.3) is 33.2 Å². The zero-order chi connectivity index (χ0) is 41.5. The number of imidazole rings is 2. The first kappa shape index (κ1) is 39.8. The molecule has 8 rings (SSSR count). The van der Waals surface area contributed by atoms with Gasteiger partial charge >= 0.3 is 12.2 Å². The van der Waals surface area contributed by atoms with Crippen LogP contribution in [0.15, 0.2) is 42.6 Å². The van der Waals surface area contributed by atoms with Crippen molar-refractivity contribution in [3.63, 3.8) is 0 Å². The molecule has 5 aromatic rings. The first-order chi connectivity index (χ1) is 28.4. The molecule has 0 saturated carbocycles. The highest BCUT2D eigenvalue weighted by molar-refractivity contribution is 5.92. The summed E-state index contributed by atoms with van der Waals surface area (Å²) in [6.07, 6.45) is 4.76. The number of carbonyl (C=O) groups is 4. The topological polar surface area (TPSA) is 202 Å². The summed E-state index contributed by atoms with van der Waals surface area (Å²) >= 11 is 0. The molecule has 2 saturated heterocycles. The van der Waals surface area contributed by atoms with Crippen LogP contribution >= 0.6 is 0 Å². The van der Waals surface area contributed by atoms with Gasteiger partial charge < -0.3 is 50.2 Å². The van der Waals surface area contributed by atoms with Crippen molar-refractivity contribution in [3.05, 3.63) is 65.5 Å². The largest absolute Gasteiger partial charge is 0.453 e. The number of methoxy groups -OCH3 is 2. The Bertz CT molecular complexity index is 2380. The summed E-state index contributed by atoms with van der Waals surface area (Å²) in [5, 5.41) is 10.2. The molecule has 0 aliphatic carbocycles. The number of hydrogen-bond acceptors (Lipinski definition) is 9. The average Bonchev–Trinajstić information content (AvgIpc) is 4.08. The van der Waals surface area contributed by atoms with Gasteiger partial charge in [0.1, 0.15) is 23.7 Å². The zero-order valence-corrected chi connectivity index (χ0v) is 34.5. The van der Waals surface area contributed by atoms with E-state index in [1.165, 1.54) is 19.8 Å². The van der Waals surface area contributed by atoms with Gasteiger partial charge in [0.05, 0.1) is 37.3 Å². The van der Waals surface area contributed by atoms with Crippen molar-refractivity contribution < 1.29 is 28.7 Å². The number of H-pyrrole nitrogens is 3. The number of hydrogen-bond donors (Lipinski definition) is 6. The van der Waals surface area contributed by atoms with Gasteiger partial charge in [0.2, 0.25) is 11.8 Å². The maximum Gasteiger partial charge on any atom is 0.407 e. The Labute approximate surface area is 342 Å². The second-order valence-corrected chi connectivity index (χ2v) is 16.7. The van der Waals surface area contributed by atoms with Crippen LogP contribution < -0.4 is 16.0 Å².